The molecule has 0 radical (unpaired) electrons. The van der Waals surface area contributed by atoms with Crippen molar-refractivity contribution in [2.24, 2.45) is 10.2 Å². The van der Waals surface area contributed by atoms with Gasteiger partial charge < -0.3 is 9.47 Å². The lowest BCUT2D eigenvalue weighted by Gasteiger charge is -2.17. The number of carbonyl (C=O) groups is 2. The highest BCUT2D eigenvalue weighted by atomic mass is 35.5. The van der Waals surface area contributed by atoms with E-state index in [9.17, 15) is 9.59 Å². The summed E-state index contributed by atoms with van der Waals surface area (Å²) < 4.78 is 9.47. The molecule has 0 saturated carbocycles. The maximum Gasteiger partial charge on any atom is 0.363 e. The van der Waals surface area contributed by atoms with Gasteiger partial charge in [0, 0.05) is 0 Å². The maximum absolute atomic E-state index is 11.8. The molecule has 0 amide bonds. The van der Waals surface area contributed by atoms with Crippen LogP contribution >= 0.6 is 11.6 Å². The van der Waals surface area contributed by atoms with Crippen molar-refractivity contribution in [1.82, 2.24) is 0 Å². The number of azo groups is 1. The summed E-state index contributed by atoms with van der Waals surface area (Å²) in [4.78, 5) is 21.3. The van der Waals surface area contributed by atoms with E-state index < -0.39 is 16.9 Å². The minimum absolute atomic E-state index is 0.0631. The van der Waals surface area contributed by atoms with Gasteiger partial charge in [0.15, 0.2) is 0 Å². The average molecular weight is 299 g/mol. The number of halogens is 1. The lowest BCUT2D eigenvalue weighted by atomic mass is 10.3. The van der Waals surface area contributed by atoms with Crippen LogP contribution in [0, 0.1) is 0 Å². The molecule has 0 aliphatic carbocycles. The van der Waals surface area contributed by atoms with E-state index in [4.69, 9.17) is 21.1 Å². The number of nitrogens with zero attached hydrogens (tertiary/aromatic N) is 2. The predicted molar refractivity (Wildman–Crippen MR) is 72.8 cm³/mol. The highest BCUT2D eigenvalue weighted by molar-refractivity contribution is 6.44. The average Bonchev–Trinajstić information content (AvgIpc) is 2.46. The van der Waals surface area contributed by atoms with Crippen LogP contribution in [0.1, 0.15) is 13.8 Å². The Morgan fingerprint density at radius 1 is 1.10 bits per heavy atom. The zero-order valence-electron chi connectivity index (χ0n) is 11.2. The first kappa shape index (κ1) is 16.1. The minimum atomic E-state index is -2.32. The molecule has 0 saturated heterocycles. The Morgan fingerprint density at radius 3 is 2.05 bits per heavy atom. The molecule has 0 aromatic heterocycles. The fourth-order valence-electron chi connectivity index (χ4n) is 1.24. The van der Waals surface area contributed by atoms with E-state index in [1.807, 2.05) is 0 Å². The van der Waals surface area contributed by atoms with Gasteiger partial charge >= 0.3 is 16.9 Å². The Hall–Kier alpha value is -1.95. The Bertz CT molecular complexity index is 472. The molecule has 108 valence electrons. The summed E-state index contributed by atoms with van der Waals surface area (Å²) in [5.41, 5.74) is 0.450. The van der Waals surface area contributed by atoms with Crippen LogP contribution in [0.15, 0.2) is 40.6 Å². The summed E-state index contributed by atoms with van der Waals surface area (Å²) >= 11 is 5.94. The summed E-state index contributed by atoms with van der Waals surface area (Å²) in [5.74, 6) is -2.03. The van der Waals surface area contributed by atoms with Crippen molar-refractivity contribution >= 4 is 29.2 Å². The molecule has 0 aliphatic rings. The molecule has 0 bridgehead atoms. The number of benzene rings is 1. The SMILES string of the molecule is CCOC(=O)C(Cl)(N=Nc1ccccc1)C(=O)OCC. The molecule has 0 N–H and O–H groups in total. The third-order valence-corrected chi connectivity index (χ3v) is 2.54. The summed E-state index contributed by atoms with van der Waals surface area (Å²) in [6.45, 7) is 3.31. The monoisotopic (exact) mass is 298 g/mol. The Kier molecular flexibility index (Phi) is 6.11. The quantitative estimate of drug-likeness (QED) is 0.266. The number of ether oxygens (including phenoxy) is 2. The number of hydrogen-bond acceptors (Lipinski definition) is 6. The third-order valence-electron chi connectivity index (χ3n) is 2.15. The van der Waals surface area contributed by atoms with E-state index in [2.05, 4.69) is 10.2 Å². The molecule has 1 aromatic rings. The number of carbonyl (C=O) groups excluding carboxylic acids is 2. The topological polar surface area (TPSA) is 77.3 Å². The Balaban J connectivity index is 3.01. The van der Waals surface area contributed by atoms with Gasteiger partial charge in [-0.1, -0.05) is 29.8 Å². The van der Waals surface area contributed by atoms with Gasteiger partial charge in [0.25, 0.3) is 0 Å². The van der Waals surface area contributed by atoms with Crippen LogP contribution in [0.3, 0.4) is 0 Å². The number of esters is 2. The fourth-order valence-corrected chi connectivity index (χ4v) is 1.39. The zero-order valence-corrected chi connectivity index (χ0v) is 12.0. The van der Waals surface area contributed by atoms with Crippen molar-refractivity contribution in [2.75, 3.05) is 13.2 Å². The van der Waals surface area contributed by atoms with Gasteiger partial charge in [0.05, 0.1) is 18.9 Å². The van der Waals surface area contributed by atoms with Gasteiger partial charge in [0.1, 0.15) is 0 Å². The summed E-state index contributed by atoms with van der Waals surface area (Å²) in [5, 5.41) is 7.38. The summed E-state index contributed by atoms with van der Waals surface area (Å²) in [6, 6.07) is 8.57. The van der Waals surface area contributed by atoms with Crippen molar-refractivity contribution in [3.05, 3.63) is 30.3 Å². The van der Waals surface area contributed by atoms with E-state index in [1.165, 1.54) is 0 Å². The van der Waals surface area contributed by atoms with Gasteiger partial charge in [-0.2, -0.15) is 5.11 Å². The highest BCUT2D eigenvalue weighted by Crippen LogP contribution is 2.24. The van der Waals surface area contributed by atoms with E-state index >= 15 is 0 Å². The van der Waals surface area contributed by atoms with Crippen LogP contribution in [0.5, 0.6) is 0 Å². The largest absolute Gasteiger partial charge is 0.463 e. The Labute approximate surface area is 121 Å². The van der Waals surface area contributed by atoms with Crippen molar-refractivity contribution < 1.29 is 19.1 Å². The molecule has 1 aromatic carbocycles. The second-order valence-corrected chi connectivity index (χ2v) is 4.15. The van der Waals surface area contributed by atoms with E-state index in [-0.39, 0.29) is 13.2 Å². The first-order chi connectivity index (χ1) is 9.54. The van der Waals surface area contributed by atoms with Crippen LogP contribution in [0.2, 0.25) is 0 Å². The minimum Gasteiger partial charge on any atom is -0.463 e. The van der Waals surface area contributed by atoms with Gasteiger partial charge in [-0.05, 0) is 26.0 Å². The zero-order chi connectivity index (χ0) is 15.0. The number of rotatable bonds is 6. The highest BCUT2D eigenvalue weighted by Gasteiger charge is 2.48. The molecule has 7 heteroatoms. The van der Waals surface area contributed by atoms with Crippen molar-refractivity contribution in [1.29, 1.82) is 0 Å². The van der Waals surface area contributed by atoms with Crippen LogP contribution in [-0.2, 0) is 19.1 Å². The lowest BCUT2D eigenvalue weighted by molar-refractivity contribution is -0.159. The first-order valence-electron chi connectivity index (χ1n) is 6.05. The second kappa shape index (κ2) is 7.59. The number of hydrogen-bond donors (Lipinski definition) is 0. The molecule has 0 heterocycles. The van der Waals surface area contributed by atoms with Gasteiger partial charge in [-0.3, -0.25) is 0 Å². The molecule has 0 fully saturated rings. The van der Waals surface area contributed by atoms with Crippen LogP contribution in [-0.4, -0.2) is 30.2 Å². The molecule has 0 spiro atoms. The normalized spacial score (nSPS) is 11.3. The van der Waals surface area contributed by atoms with Crippen LogP contribution in [0.4, 0.5) is 5.69 Å². The van der Waals surface area contributed by atoms with E-state index in [1.54, 1.807) is 44.2 Å². The lowest BCUT2D eigenvalue weighted by Crippen LogP contribution is -2.42. The smallest absolute Gasteiger partial charge is 0.363 e. The standard InChI is InChI=1S/C13H15ClN2O4/c1-3-19-11(17)13(14,12(18)20-4-2)16-15-10-8-6-5-7-9-10/h5-9H,3-4H2,1-2H3. The molecule has 0 aliphatic heterocycles. The van der Waals surface area contributed by atoms with Crippen LogP contribution < -0.4 is 0 Å². The van der Waals surface area contributed by atoms with E-state index in [0.29, 0.717) is 5.69 Å². The maximum atomic E-state index is 11.8. The van der Waals surface area contributed by atoms with Crippen molar-refractivity contribution in [2.45, 2.75) is 18.8 Å². The van der Waals surface area contributed by atoms with Gasteiger partial charge in [-0.15, -0.1) is 5.11 Å². The molecule has 6 nitrogen and oxygen atoms in total. The fraction of sp³-hybridized carbons (Fsp3) is 0.385. The second-order valence-electron chi connectivity index (χ2n) is 3.60. The Morgan fingerprint density at radius 2 is 1.60 bits per heavy atom. The molecule has 20 heavy (non-hydrogen) atoms. The summed E-state index contributed by atoms with van der Waals surface area (Å²) in [6.07, 6.45) is 0. The summed E-state index contributed by atoms with van der Waals surface area (Å²) in [7, 11) is 0. The van der Waals surface area contributed by atoms with Crippen molar-refractivity contribution in [3.8, 4) is 0 Å². The van der Waals surface area contributed by atoms with Crippen molar-refractivity contribution in [3.63, 3.8) is 0 Å². The third kappa shape index (κ3) is 4.03. The van der Waals surface area contributed by atoms with E-state index in [0.717, 1.165) is 0 Å². The number of alkyl halides is 1. The molecule has 0 atom stereocenters. The van der Waals surface area contributed by atoms with Gasteiger partial charge in [0.2, 0.25) is 0 Å². The molecule has 1 rings (SSSR count). The molecule has 0 unspecified atom stereocenters. The predicted octanol–water partition coefficient (Wildman–Crippen LogP) is 2.83. The van der Waals surface area contributed by atoms with Crippen LogP contribution in [0.25, 0.3) is 0 Å². The molecular formula is C13H15ClN2O4. The van der Waals surface area contributed by atoms with Gasteiger partial charge in [-0.25, -0.2) is 9.59 Å². The molecular weight excluding hydrogens is 284 g/mol. The first-order valence-corrected chi connectivity index (χ1v) is 6.43.